The Morgan fingerprint density at radius 2 is 1.86 bits per heavy atom. The third-order valence-electron chi connectivity index (χ3n) is 6.22. The average molecular weight is 396 g/mol. The van der Waals surface area contributed by atoms with Gasteiger partial charge in [-0.05, 0) is 62.4 Å². The Bertz CT molecular complexity index is 857. The predicted molar refractivity (Wildman–Crippen MR) is 117 cm³/mol. The van der Waals surface area contributed by atoms with E-state index in [9.17, 15) is 4.79 Å². The molecule has 2 aromatic rings. The van der Waals surface area contributed by atoms with Crippen LogP contribution in [0.15, 0.2) is 42.5 Å². The maximum Gasteiger partial charge on any atom is 0.261 e. The topological polar surface area (TPSA) is 47.6 Å². The van der Waals surface area contributed by atoms with Gasteiger partial charge in [-0.3, -0.25) is 4.79 Å². The van der Waals surface area contributed by atoms with Crippen LogP contribution in [0.2, 0.25) is 0 Å². The van der Waals surface area contributed by atoms with E-state index < -0.39 is 6.10 Å². The van der Waals surface area contributed by atoms with Crippen molar-refractivity contribution < 1.29 is 14.3 Å². The van der Waals surface area contributed by atoms with Crippen LogP contribution in [0.3, 0.4) is 0 Å². The number of nitrogens with one attached hydrogen (secondary N) is 1. The number of amides is 1. The lowest BCUT2D eigenvalue weighted by Gasteiger charge is -2.42. The van der Waals surface area contributed by atoms with Crippen molar-refractivity contribution in [3.63, 3.8) is 0 Å². The fourth-order valence-corrected chi connectivity index (χ4v) is 3.97. The van der Waals surface area contributed by atoms with Crippen LogP contribution in [0.1, 0.15) is 69.2 Å². The SMILES string of the molecule is CC[C@H](Oc1ccc(C)c(C)c1)C(=O)N[C@H]1CC(CC)(CC)Oc2ccccc21. The molecule has 1 aliphatic heterocycles. The number of hydrogen-bond donors (Lipinski definition) is 1. The minimum absolute atomic E-state index is 0.0754. The second kappa shape index (κ2) is 8.89. The van der Waals surface area contributed by atoms with Gasteiger partial charge in [0, 0.05) is 12.0 Å². The number of hydrogen-bond acceptors (Lipinski definition) is 3. The standard InChI is InChI=1S/C25H33NO3/c1-6-22(28-19-14-13-17(4)18(5)15-19)24(27)26-21-16-25(7-2,8-3)29-23-12-10-9-11-20(21)23/h9-15,21-22H,6-8,16H2,1-5H3,(H,26,27)/t21-,22-/m0/s1. The van der Waals surface area contributed by atoms with Crippen LogP contribution >= 0.6 is 0 Å². The summed E-state index contributed by atoms with van der Waals surface area (Å²) >= 11 is 0. The van der Waals surface area contributed by atoms with Gasteiger partial charge in [0.25, 0.3) is 5.91 Å². The molecule has 0 aliphatic carbocycles. The number of para-hydroxylation sites is 1. The summed E-state index contributed by atoms with van der Waals surface area (Å²) in [5.74, 6) is 1.53. The van der Waals surface area contributed by atoms with Gasteiger partial charge in [-0.2, -0.15) is 0 Å². The third kappa shape index (κ3) is 4.58. The highest BCUT2D eigenvalue weighted by atomic mass is 16.5. The lowest BCUT2D eigenvalue weighted by Crippen LogP contribution is -2.47. The number of ether oxygens (including phenoxy) is 2. The first-order chi connectivity index (χ1) is 13.9. The Labute approximate surface area is 174 Å². The highest BCUT2D eigenvalue weighted by Crippen LogP contribution is 2.42. The van der Waals surface area contributed by atoms with Crippen LogP contribution in [-0.4, -0.2) is 17.6 Å². The largest absolute Gasteiger partial charge is 0.487 e. The molecule has 1 amide bonds. The van der Waals surface area contributed by atoms with Crippen molar-refractivity contribution in [2.45, 2.75) is 78.0 Å². The van der Waals surface area contributed by atoms with Crippen molar-refractivity contribution in [2.24, 2.45) is 0 Å². The molecule has 1 heterocycles. The highest BCUT2D eigenvalue weighted by Gasteiger charge is 2.39. The summed E-state index contributed by atoms with van der Waals surface area (Å²) in [5.41, 5.74) is 3.17. The normalized spacial score (nSPS) is 18.3. The van der Waals surface area contributed by atoms with Crippen LogP contribution in [0.4, 0.5) is 0 Å². The van der Waals surface area contributed by atoms with Gasteiger partial charge < -0.3 is 14.8 Å². The fraction of sp³-hybridized carbons (Fsp3) is 0.480. The van der Waals surface area contributed by atoms with Gasteiger partial charge in [-0.25, -0.2) is 0 Å². The maximum atomic E-state index is 13.1. The van der Waals surface area contributed by atoms with Crippen molar-refractivity contribution >= 4 is 5.91 Å². The van der Waals surface area contributed by atoms with Crippen molar-refractivity contribution in [1.29, 1.82) is 0 Å². The number of carbonyl (C=O) groups excluding carboxylic acids is 1. The number of carbonyl (C=O) groups is 1. The van der Waals surface area contributed by atoms with Gasteiger partial charge in [0.15, 0.2) is 6.10 Å². The molecule has 4 nitrogen and oxygen atoms in total. The number of rotatable bonds is 7. The van der Waals surface area contributed by atoms with Crippen molar-refractivity contribution in [3.8, 4) is 11.5 Å². The Hall–Kier alpha value is -2.49. The summed E-state index contributed by atoms with van der Waals surface area (Å²) in [6.45, 7) is 10.4. The molecule has 1 aliphatic rings. The number of aryl methyl sites for hydroxylation is 2. The van der Waals surface area contributed by atoms with Gasteiger partial charge in [0.2, 0.25) is 0 Å². The molecule has 4 heteroatoms. The quantitative estimate of drug-likeness (QED) is 0.658. The molecule has 156 valence electrons. The molecule has 2 aromatic carbocycles. The second-order valence-corrected chi connectivity index (χ2v) is 8.06. The van der Waals surface area contributed by atoms with E-state index >= 15 is 0 Å². The van der Waals surface area contributed by atoms with E-state index in [1.807, 2.05) is 49.4 Å². The van der Waals surface area contributed by atoms with E-state index in [-0.39, 0.29) is 17.6 Å². The molecule has 0 radical (unpaired) electrons. The Balaban J connectivity index is 1.79. The Morgan fingerprint density at radius 1 is 1.14 bits per heavy atom. The molecular weight excluding hydrogens is 362 g/mol. The molecular formula is C25H33NO3. The van der Waals surface area contributed by atoms with Crippen LogP contribution in [0.25, 0.3) is 0 Å². The molecule has 0 spiro atoms. The van der Waals surface area contributed by atoms with E-state index in [0.717, 1.165) is 41.9 Å². The summed E-state index contributed by atoms with van der Waals surface area (Å²) < 4.78 is 12.4. The molecule has 3 rings (SSSR count). The van der Waals surface area contributed by atoms with Gasteiger partial charge in [0.1, 0.15) is 17.1 Å². The van der Waals surface area contributed by atoms with E-state index in [1.54, 1.807) is 0 Å². The van der Waals surface area contributed by atoms with E-state index in [0.29, 0.717) is 6.42 Å². The summed E-state index contributed by atoms with van der Waals surface area (Å²) in [5, 5.41) is 3.25. The van der Waals surface area contributed by atoms with E-state index in [2.05, 4.69) is 33.0 Å². The van der Waals surface area contributed by atoms with Gasteiger partial charge in [-0.15, -0.1) is 0 Å². The molecule has 1 N–H and O–H groups in total. The smallest absolute Gasteiger partial charge is 0.261 e. The number of benzene rings is 2. The zero-order chi connectivity index (χ0) is 21.0. The lowest BCUT2D eigenvalue weighted by atomic mass is 9.83. The summed E-state index contributed by atoms with van der Waals surface area (Å²) in [6, 6.07) is 13.9. The fourth-order valence-electron chi connectivity index (χ4n) is 3.97. The zero-order valence-corrected chi connectivity index (χ0v) is 18.2. The summed E-state index contributed by atoms with van der Waals surface area (Å²) in [7, 11) is 0. The summed E-state index contributed by atoms with van der Waals surface area (Å²) in [6.07, 6.45) is 2.66. The minimum atomic E-state index is -0.523. The van der Waals surface area contributed by atoms with Gasteiger partial charge in [0.05, 0.1) is 6.04 Å². The zero-order valence-electron chi connectivity index (χ0n) is 18.2. The Kier molecular flexibility index (Phi) is 6.51. The molecule has 0 fully saturated rings. The molecule has 0 saturated heterocycles. The van der Waals surface area contributed by atoms with E-state index in [1.165, 1.54) is 5.56 Å². The van der Waals surface area contributed by atoms with Crippen LogP contribution in [0.5, 0.6) is 11.5 Å². The molecule has 0 bridgehead atoms. The lowest BCUT2D eigenvalue weighted by molar-refractivity contribution is -0.129. The highest BCUT2D eigenvalue weighted by molar-refractivity contribution is 5.81. The molecule has 0 unspecified atom stereocenters. The van der Waals surface area contributed by atoms with Crippen LogP contribution in [0, 0.1) is 13.8 Å². The van der Waals surface area contributed by atoms with E-state index in [4.69, 9.17) is 9.47 Å². The summed E-state index contributed by atoms with van der Waals surface area (Å²) in [4.78, 5) is 13.1. The molecule has 2 atom stereocenters. The first-order valence-corrected chi connectivity index (χ1v) is 10.7. The molecule has 0 saturated carbocycles. The first kappa shape index (κ1) is 21.2. The Morgan fingerprint density at radius 3 is 2.52 bits per heavy atom. The monoisotopic (exact) mass is 395 g/mol. The first-order valence-electron chi connectivity index (χ1n) is 10.7. The second-order valence-electron chi connectivity index (χ2n) is 8.06. The third-order valence-corrected chi connectivity index (χ3v) is 6.22. The molecule has 0 aromatic heterocycles. The number of fused-ring (bicyclic) bond motifs is 1. The van der Waals surface area contributed by atoms with Crippen LogP contribution < -0.4 is 14.8 Å². The van der Waals surface area contributed by atoms with Crippen LogP contribution in [-0.2, 0) is 4.79 Å². The minimum Gasteiger partial charge on any atom is -0.487 e. The van der Waals surface area contributed by atoms with Crippen molar-refractivity contribution in [1.82, 2.24) is 5.32 Å². The predicted octanol–water partition coefficient (Wildman–Crippen LogP) is 5.66. The van der Waals surface area contributed by atoms with Crippen molar-refractivity contribution in [2.75, 3.05) is 0 Å². The van der Waals surface area contributed by atoms with Crippen molar-refractivity contribution in [3.05, 3.63) is 59.2 Å². The average Bonchev–Trinajstić information content (AvgIpc) is 2.74. The van der Waals surface area contributed by atoms with Gasteiger partial charge >= 0.3 is 0 Å². The maximum absolute atomic E-state index is 13.1. The van der Waals surface area contributed by atoms with Gasteiger partial charge in [-0.1, -0.05) is 45.0 Å². The molecule has 29 heavy (non-hydrogen) atoms.